The highest BCUT2D eigenvalue weighted by Crippen LogP contribution is 2.45. The van der Waals surface area contributed by atoms with Crippen LogP contribution >= 0.6 is 0 Å². The SMILES string of the molecule is CC(C)(C)BC(C)(O)BC(C)(C)C(C)(C)C. The van der Waals surface area contributed by atoms with Crippen molar-refractivity contribution in [2.45, 2.75) is 78.3 Å². The average Bonchev–Trinajstić information content (AvgIpc) is 1.72. The van der Waals surface area contributed by atoms with Crippen LogP contribution in [0.15, 0.2) is 0 Å². The second-order valence-electron chi connectivity index (χ2n) is 8.55. The zero-order valence-electron chi connectivity index (χ0n) is 12.9. The normalized spacial score (nSPS) is 17.9. The van der Waals surface area contributed by atoms with Crippen LogP contribution in [-0.4, -0.2) is 25.1 Å². The predicted molar refractivity (Wildman–Crippen MR) is 78.1 cm³/mol. The van der Waals surface area contributed by atoms with Crippen molar-refractivity contribution in [1.29, 1.82) is 0 Å². The molecule has 0 aliphatic heterocycles. The monoisotopic (exact) mass is 224 g/mol. The minimum atomic E-state index is -0.574. The van der Waals surface area contributed by atoms with E-state index in [-0.39, 0.29) is 16.0 Å². The molecule has 0 saturated carbocycles. The van der Waals surface area contributed by atoms with E-state index in [1.165, 1.54) is 0 Å². The lowest BCUT2D eigenvalue weighted by molar-refractivity contribution is 0.204. The molecule has 0 heterocycles. The van der Waals surface area contributed by atoms with Gasteiger partial charge in [0.05, 0.1) is 0 Å². The Labute approximate surface area is 104 Å². The Balaban J connectivity index is 4.72. The molecular weight excluding hydrogens is 194 g/mol. The molecular formula is C13H30B2O. The number of aliphatic hydroxyl groups is 1. The highest BCUT2D eigenvalue weighted by Gasteiger charge is 2.42. The van der Waals surface area contributed by atoms with E-state index >= 15 is 0 Å². The number of hydrogen-bond acceptors (Lipinski definition) is 1. The van der Waals surface area contributed by atoms with Gasteiger partial charge in [-0.15, -0.1) is 0 Å². The van der Waals surface area contributed by atoms with Crippen LogP contribution in [0.4, 0.5) is 0 Å². The Kier molecular flexibility index (Phi) is 4.43. The van der Waals surface area contributed by atoms with Crippen molar-refractivity contribution in [3.05, 3.63) is 0 Å². The van der Waals surface area contributed by atoms with Crippen LogP contribution in [0, 0.1) is 5.41 Å². The lowest BCUT2D eigenvalue weighted by Crippen LogP contribution is -2.49. The van der Waals surface area contributed by atoms with Gasteiger partial charge in [0.1, 0.15) is 0 Å². The van der Waals surface area contributed by atoms with Gasteiger partial charge in [0.15, 0.2) is 14.6 Å². The van der Waals surface area contributed by atoms with Crippen LogP contribution < -0.4 is 0 Å². The number of rotatable bonds is 3. The molecule has 0 aromatic carbocycles. The summed E-state index contributed by atoms with van der Waals surface area (Å²) in [5.74, 6) is 0. The highest BCUT2D eigenvalue weighted by atomic mass is 16.3. The van der Waals surface area contributed by atoms with Gasteiger partial charge in [0.2, 0.25) is 0 Å². The topological polar surface area (TPSA) is 20.2 Å². The summed E-state index contributed by atoms with van der Waals surface area (Å²) >= 11 is 0. The van der Waals surface area contributed by atoms with Crippen molar-refractivity contribution in [3.63, 3.8) is 0 Å². The average molecular weight is 224 g/mol. The Morgan fingerprint density at radius 2 is 1.06 bits per heavy atom. The number of hydrogen-bond donors (Lipinski definition) is 1. The van der Waals surface area contributed by atoms with Crippen LogP contribution in [0.2, 0.25) is 10.6 Å². The Bertz CT molecular complexity index is 231. The summed E-state index contributed by atoms with van der Waals surface area (Å²) in [4.78, 5) is 0. The maximum Gasteiger partial charge on any atom is 0.157 e. The molecule has 0 amide bonds. The molecule has 0 aromatic heterocycles. The van der Waals surface area contributed by atoms with Gasteiger partial charge in [0, 0.05) is 5.40 Å². The lowest BCUT2D eigenvalue weighted by Gasteiger charge is -2.43. The fourth-order valence-electron chi connectivity index (χ4n) is 2.42. The molecule has 0 aromatic rings. The molecule has 0 spiro atoms. The van der Waals surface area contributed by atoms with E-state index in [0.29, 0.717) is 0 Å². The van der Waals surface area contributed by atoms with Crippen LogP contribution in [0.3, 0.4) is 0 Å². The fourth-order valence-corrected chi connectivity index (χ4v) is 2.42. The molecule has 0 rings (SSSR count). The smallest absolute Gasteiger partial charge is 0.157 e. The molecule has 94 valence electrons. The minimum absolute atomic E-state index is 0.141. The third-order valence-electron chi connectivity index (χ3n) is 3.76. The quantitative estimate of drug-likeness (QED) is 0.730. The first-order valence-electron chi connectivity index (χ1n) is 6.39. The van der Waals surface area contributed by atoms with Gasteiger partial charge < -0.3 is 5.11 Å². The third kappa shape index (κ3) is 5.43. The third-order valence-corrected chi connectivity index (χ3v) is 3.76. The van der Waals surface area contributed by atoms with E-state index in [9.17, 15) is 5.11 Å². The van der Waals surface area contributed by atoms with E-state index in [4.69, 9.17) is 0 Å². The molecule has 0 aliphatic rings. The molecule has 3 heteroatoms. The van der Waals surface area contributed by atoms with Crippen molar-refractivity contribution in [1.82, 2.24) is 0 Å². The van der Waals surface area contributed by atoms with Gasteiger partial charge in [-0.2, -0.15) is 0 Å². The van der Waals surface area contributed by atoms with Gasteiger partial charge in [-0.25, -0.2) is 0 Å². The van der Waals surface area contributed by atoms with Gasteiger partial charge in [-0.05, 0) is 5.41 Å². The second kappa shape index (κ2) is 4.40. The highest BCUT2D eigenvalue weighted by molar-refractivity contribution is 6.64. The molecule has 1 atom stereocenters. The summed E-state index contributed by atoms with van der Waals surface area (Å²) in [6.07, 6.45) is 0. The molecule has 16 heavy (non-hydrogen) atoms. The molecule has 0 bridgehead atoms. The van der Waals surface area contributed by atoms with E-state index in [1.54, 1.807) is 0 Å². The van der Waals surface area contributed by atoms with Crippen molar-refractivity contribution >= 4 is 14.6 Å². The molecule has 0 saturated heterocycles. The summed E-state index contributed by atoms with van der Waals surface area (Å²) < 4.78 is 0. The Hall–Kier alpha value is 0.0899. The van der Waals surface area contributed by atoms with E-state index < -0.39 is 5.40 Å². The zero-order chi connectivity index (χ0) is 13.4. The summed E-state index contributed by atoms with van der Waals surface area (Å²) in [5, 5.41) is 10.3. The first-order chi connectivity index (χ1) is 6.66. The minimum Gasteiger partial charge on any atom is -0.407 e. The first-order valence-corrected chi connectivity index (χ1v) is 6.39. The van der Waals surface area contributed by atoms with Crippen LogP contribution in [0.1, 0.15) is 62.3 Å². The molecule has 0 fully saturated rings. The first kappa shape index (κ1) is 16.1. The van der Waals surface area contributed by atoms with Crippen molar-refractivity contribution < 1.29 is 5.11 Å². The molecule has 0 radical (unpaired) electrons. The van der Waals surface area contributed by atoms with E-state index in [2.05, 4.69) is 55.4 Å². The maximum absolute atomic E-state index is 10.5. The summed E-state index contributed by atoms with van der Waals surface area (Å²) in [6.45, 7) is 19.8. The maximum atomic E-state index is 10.5. The van der Waals surface area contributed by atoms with Gasteiger partial charge in [-0.3, -0.25) is 0 Å². The summed E-state index contributed by atoms with van der Waals surface area (Å²) in [5.41, 5.74) is 0.217. The van der Waals surface area contributed by atoms with Crippen LogP contribution in [0.25, 0.3) is 0 Å². The second-order valence-corrected chi connectivity index (χ2v) is 8.55. The van der Waals surface area contributed by atoms with Crippen LogP contribution in [0.5, 0.6) is 0 Å². The van der Waals surface area contributed by atoms with Gasteiger partial charge in [0.25, 0.3) is 0 Å². The Morgan fingerprint density at radius 1 is 0.688 bits per heavy atom. The van der Waals surface area contributed by atoms with Crippen molar-refractivity contribution in [2.24, 2.45) is 5.41 Å². The molecule has 1 unspecified atom stereocenters. The zero-order valence-corrected chi connectivity index (χ0v) is 12.9. The van der Waals surface area contributed by atoms with Gasteiger partial charge in [-0.1, -0.05) is 72.9 Å². The van der Waals surface area contributed by atoms with Crippen LogP contribution in [-0.2, 0) is 0 Å². The van der Waals surface area contributed by atoms with Gasteiger partial charge >= 0.3 is 0 Å². The lowest BCUT2D eigenvalue weighted by atomic mass is 9.26. The predicted octanol–water partition coefficient (Wildman–Crippen LogP) is 2.99. The van der Waals surface area contributed by atoms with E-state index in [0.717, 1.165) is 14.6 Å². The van der Waals surface area contributed by atoms with E-state index in [1.807, 2.05) is 6.92 Å². The Morgan fingerprint density at radius 3 is 1.31 bits per heavy atom. The van der Waals surface area contributed by atoms with Crippen molar-refractivity contribution in [2.75, 3.05) is 0 Å². The summed E-state index contributed by atoms with van der Waals surface area (Å²) in [7, 11) is 1.69. The largest absolute Gasteiger partial charge is 0.407 e. The molecule has 0 aliphatic carbocycles. The molecule has 1 nitrogen and oxygen atoms in total. The fraction of sp³-hybridized carbons (Fsp3) is 1.00. The van der Waals surface area contributed by atoms with Crippen molar-refractivity contribution in [3.8, 4) is 0 Å². The summed E-state index contributed by atoms with van der Waals surface area (Å²) in [6, 6.07) is 0. The molecule has 1 N–H and O–H groups in total. The standard InChI is InChI=1S/C13H30B2O/c1-10(2,3)12(7,8)15-13(9,16)14-11(4,5)6/h14-16H,1-9H3.